The fourth-order valence-corrected chi connectivity index (χ4v) is 1.71. The number of nitrogens with two attached hydrogens (primary N) is 1. The van der Waals surface area contributed by atoms with Gasteiger partial charge in [-0.15, -0.1) is 0 Å². The summed E-state index contributed by atoms with van der Waals surface area (Å²) in [5.74, 6) is 0.0356. The average molecular weight is 258 g/mol. The summed E-state index contributed by atoms with van der Waals surface area (Å²) >= 11 is 0. The van der Waals surface area contributed by atoms with Crippen molar-refractivity contribution in [3.05, 3.63) is 0 Å². The van der Waals surface area contributed by atoms with Crippen LogP contribution in [0.15, 0.2) is 0 Å². The first-order valence-electron chi connectivity index (χ1n) is 7.35. The number of unbranched alkanes of at least 4 members (excludes halogenated alkanes) is 5. The number of carbonyl (C=O) groups is 1. The zero-order valence-electron chi connectivity index (χ0n) is 11.9. The van der Waals surface area contributed by atoms with E-state index in [0.29, 0.717) is 19.5 Å². The first kappa shape index (κ1) is 17.4. The number of rotatable bonds is 13. The predicted octanol–water partition coefficient (Wildman–Crippen LogP) is 2.22. The molecule has 0 aromatic rings. The highest BCUT2D eigenvalue weighted by molar-refractivity contribution is 5.75. The van der Waals surface area contributed by atoms with Gasteiger partial charge in [-0.1, -0.05) is 39.0 Å². The Hall–Kier alpha value is -0.610. The van der Waals surface area contributed by atoms with Gasteiger partial charge in [-0.05, 0) is 12.8 Å². The largest absolute Gasteiger partial charge is 0.381 e. The minimum absolute atomic E-state index is 0.0356. The molecule has 0 heterocycles. The van der Waals surface area contributed by atoms with Crippen LogP contribution < -0.4 is 11.1 Å². The van der Waals surface area contributed by atoms with E-state index in [1.807, 2.05) is 0 Å². The fraction of sp³-hybridized carbons (Fsp3) is 0.929. The highest BCUT2D eigenvalue weighted by Crippen LogP contribution is 2.04. The Morgan fingerprint density at radius 1 is 1.06 bits per heavy atom. The van der Waals surface area contributed by atoms with Gasteiger partial charge >= 0.3 is 0 Å². The Morgan fingerprint density at radius 2 is 1.72 bits per heavy atom. The fourth-order valence-electron chi connectivity index (χ4n) is 1.71. The summed E-state index contributed by atoms with van der Waals surface area (Å²) in [6.45, 7) is 4.92. The van der Waals surface area contributed by atoms with Crippen molar-refractivity contribution in [2.45, 2.75) is 58.3 Å². The van der Waals surface area contributed by atoms with Crippen LogP contribution in [0.3, 0.4) is 0 Å². The number of hydrogen-bond acceptors (Lipinski definition) is 3. The van der Waals surface area contributed by atoms with E-state index in [9.17, 15) is 4.79 Å². The van der Waals surface area contributed by atoms with E-state index < -0.39 is 0 Å². The molecule has 0 bridgehead atoms. The zero-order chi connectivity index (χ0) is 13.5. The second-order valence-electron chi connectivity index (χ2n) is 4.62. The summed E-state index contributed by atoms with van der Waals surface area (Å²) in [5, 5.41) is 2.81. The zero-order valence-corrected chi connectivity index (χ0v) is 11.9. The van der Waals surface area contributed by atoms with E-state index in [1.165, 1.54) is 32.1 Å². The lowest BCUT2D eigenvalue weighted by atomic mass is 10.1. The van der Waals surface area contributed by atoms with E-state index in [-0.39, 0.29) is 5.91 Å². The van der Waals surface area contributed by atoms with Gasteiger partial charge in [-0.2, -0.15) is 0 Å². The molecule has 0 unspecified atom stereocenters. The molecule has 0 aliphatic heterocycles. The lowest BCUT2D eigenvalue weighted by Crippen LogP contribution is -2.27. The van der Waals surface area contributed by atoms with Gasteiger partial charge in [0.2, 0.25) is 5.91 Å². The Balaban J connectivity index is 3.01. The average Bonchev–Trinajstić information content (AvgIpc) is 2.36. The molecular weight excluding hydrogens is 228 g/mol. The van der Waals surface area contributed by atoms with Gasteiger partial charge in [-0.3, -0.25) is 4.79 Å². The lowest BCUT2D eigenvalue weighted by molar-refractivity contribution is -0.120. The molecule has 1 amide bonds. The van der Waals surface area contributed by atoms with Gasteiger partial charge in [-0.25, -0.2) is 0 Å². The molecule has 0 aromatic carbocycles. The first-order valence-corrected chi connectivity index (χ1v) is 7.35. The Bertz CT molecular complexity index is 187. The maximum atomic E-state index is 11.1. The molecule has 0 atom stereocenters. The van der Waals surface area contributed by atoms with Crippen molar-refractivity contribution in [1.29, 1.82) is 0 Å². The molecule has 0 aliphatic rings. The van der Waals surface area contributed by atoms with Gasteiger partial charge < -0.3 is 15.8 Å². The summed E-state index contributed by atoms with van der Waals surface area (Å²) in [4.78, 5) is 11.1. The molecule has 0 rings (SSSR count). The number of ether oxygens (including phenoxy) is 1. The highest BCUT2D eigenvalue weighted by Gasteiger charge is 1.97. The summed E-state index contributed by atoms with van der Waals surface area (Å²) in [7, 11) is 0. The molecular formula is C14H30N2O2. The third-order valence-electron chi connectivity index (χ3n) is 2.80. The SMILES string of the molecule is CCCCCCCCOCCCNC(=O)CCN. The standard InChI is InChI=1S/C14H30N2O2/c1-2-3-4-5-6-7-12-18-13-8-11-16-14(17)9-10-15/h2-13,15H2,1H3,(H,16,17). The molecule has 3 N–H and O–H groups in total. The van der Waals surface area contributed by atoms with Crippen molar-refractivity contribution in [1.82, 2.24) is 5.32 Å². The van der Waals surface area contributed by atoms with Crippen molar-refractivity contribution in [2.75, 3.05) is 26.3 Å². The Kier molecular flexibility index (Phi) is 14.0. The maximum Gasteiger partial charge on any atom is 0.221 e. The third-order valence-corrected chi connectivity index (χ3v) is 2.80. The monoisotopic (exact) mass is 258 g/mol. The quantitative estimate of drug-likeness (QED) is 0.498. The number of nitrogens with one attached hydrogen (secondary N) is 1. The number of amides is 1. The molecule has 0 saturated carbocycles. The summed E-state index contributed by atoms with van der Waals surface area (Å²) < 4.78 is 5.51. The third kappa shape index (κ3) is 13.5. The number of hydrogen-bond donors (Lipinski definition) is 2. The molecule has 0 saturated heterocycles. The highest BCUT2D eigenvalue weighted by atomic mass is 16.5. The molecule has 108 valence electrons. The van der Waals surface area contributed by atoms with Crippen LogP contribution in [0.1, 0.15) is 58.3 Å². The molecule has 0 aromatic heterocycles. The van der Waals surface area contributed by atoms with Crippen LogP contribution >= 0.6 is 0 Å². The topological polar surface area (TPSA) is 64.3 Å². The van der Waals surface area contributed by atoms with Crippen LogP contribution in [0.5, 0.6) is 0 Å². The summed E-state index contributed by atoms with van der Waals surface area (Å²) in [5.41, 5.74) is 5.27. The van der Waals surface area contributed by atoms with Crippen LogP contribution in [0.2, 0.25) is 0 Å². The Morgan fingerprint density at radius 3 is 2.44 bits per heavy atom. The molecule has 0 radical (unpaired) electrons. The van der Waals surface area contributed by atoms with Crippen LogP contribution in [-0.4, -0.2) is 32.2 Å². The molecule has 0 spiro atoms. The van der Waals surface area contributed by atoms with Crippen molar-refractivity contribution < 1.29 is 9.53 Å². The van der Waals surface area contributed by atoms with Crippen LogP contribution in [-0.2, 0) is 9.53 Å². The Labute approximate surface area is 112 Å². The summed E-state index contributed by atoms with van der Waals surface area (Å²) in [6.07, 6.45) is 9.05. The molecule has 4 nitrogen and oxygen atoms in total. The minimum Gasteiger partial charge on any atom is -0.381 e. The molecule has 0 fully saturated rings. The maximum absolute atomic E-state index is 11.1. The molecule has 18 heavy (non-hydrogen) atoms. The second kappa shape index (κ2) is 14.5. The van der Waals surface area contributed by atoms with E-state index in [4.69, 9.17) is 10.5 Å². The van der Waals surface area contributed by atoms with Gasteiger partial charge in [0.05, 0.1) is 0 Å². The van der Waals surface area contributed by atoms with E-state index in [0.717, 1.165) is 26.1 Å². The lowest BCUT2D eigenvalue weighted by Gasteiger charge is -2.06. The van der Waals surface area contributed by atoms with Gasteiger partial charge in [0.1, 0.15) is 0 Å². The van der Waals surface area contributed by atoms with Gasteiger partial charge in [0, 0.05) is 32.7 Å². The van der Waals surface area contributed by atoms with E-state index >= 15 is 0 Å². The van der Waals surface area contributed by atoms with Crippen LogP contribution in [0, 0.1) is 0 Å². The van der Waals surface area contributed by atoms with Crippen molar-refractivity contribution in [3.63, 3.8) is 0 Å². The van der Waals surface area contributed by atoms with Crippen molar-refractivity contribution in [2.24, 2.45) is 5.73 Å². The first-order chi connectivity index (χ1) is 8.81. The second-order valence-corrected chi connectivity index (χ2v) is 4.62. The molecule has 0 aliphatic carbocycles. The van der Waals surface area contributed by atoms with E-state index in [1.54, 1.807) is 0 Å². The number of carbonyl (C=O) groups excluding carboxylic acids is 1. The smallest absolute Gasteiger partial charge is 0.221 e. The van der Waals surface area contributed by atoms with Crippen LogP contribution in [0.4, 0.5) is 0 Å². The van der Waals surface area contributed by atoms with Crippen molar-refractivity contribution in [3.8, 4) is 0 Å². The van der Waals surface area contributed by atoms with Crippen molar-refractivity contribution >= 4 is 5.91 Å². The minimum atomic E-state index is 0.0356. The molecule has 4 heteroatoms. The van der Waals surface area contributed by atoms with Gasteiger partial charge in [0.25, 0.3) is 0 Å². The van der Waals surface area contributed by atoms with Gasteiger partial charge in [0.15, 0.2) is 0 Å². The normalized spacial score (nSPS) is 10.6. The van der Waals surface area contributed by atoms with E-state index in [2.05, 4.69) is 12.2 Å². The predicted molar refractivity (Wildman–Crippen MR) is 75.5 cm³/mol. The summed E-state index contributed by atoms with van der Waals surface area (Å²) in [6, 6.07) is 0. The van der Waals surface area contributed by atoms with Crippen LogP contribution in [0.25, 0.3) is 0 Å².